The first-order valence-electron chi connectivity index (χ1n) is 5.27. The lowest BCUT2D eigenvalue weighted by molar-refractivity contribution is 0.515. The van der Waals surface area contributed by atoms with E-state index in [1.165, 1.54) is 12.1 Å². The molecular formula is C12H17F2N. The van der Waals surface area contributed by atoms with Crippen LogP contribution in [0.25, 0.3) is 0 Å². The van der Waals surface area contributed by atoms with Crippen LogP contribution in [0.5, 0.6) is 0 Å². The van der Waals surface area contributed by atoms with Gasteiger partial charge in [-0.1, -0.05) is 13.8 Å². The summed E-state index contributed by atoms with van der Waals surface area (Å²) in [6.45, 7) is 5.89. The van der Waals surface area contributed by atoms with Gasteiger partial charge in [-0.05, 0) is 43.1 Å². The van der Waals surface area contributed by atoms with E-state index in [4.69, 9.17) is 0 Å². The summed E-state index contributed by atoms with van der Waals surface area (Å²) in [6, 6.07) is 3.69. The average molecular weight is 213 g/mol. The summed E-state index contributed by atoms with van der Waals surface area (Å²) in [5.74, 6) is -0.618. The first-order chi connectivity index (χ1) is 7.11. The predicted molar refractivity (Wildman–Crippen MR) is 57.8 cm³/mol. The van der Waals surface area contributed by atoms with Gasteiger partial charge in [0.15, 0.2) is 0 Å². The molecular weight excluding hydrogens is 196 g/mol. The highest BCUT2D eigenvalue weighted by Gasteiger charge is 2.05. The van der Waals surface area contributed by atoms with Crippen molar-refractivity contribution in [3.05, 3.63) is 35.4 Å². The number of halogens is 2. The van der Waals surface area contributed by atoms with Crippen LogP contribution in [0.15, 0.2) is 18.2 Å². The maximum absolute atomic E-state index is 12.9. The Hall–Kier alpha value is -0.960. The number of hydrogen-bond acceptors (Lipinski definition) is 1. The first-order valence-corrected chi connectivity index (χ1v) is 5.27. The van der Waals surface area contributed by atoms with E-state index in [1.54, 1.807) is 0 Å². The smallest absolute Gasteiger partial charge is 0.126 e. The van der Waals surface area contributed by atoms with Crippen molar-refractivity contribution >= 4 is 0 Å². The quantitative estimate of drug-likeness (QED) is 0.793. The van der Waals surface area contributed by atoms with Crippen LogP contribution >= 0.6 is 0 Å². The van der Waals surface area contributed by atoms with E-state index < -0.39 is 11.6 Å². The van der Waals surface area contributed by atoms with Gasteiger partial charge < -0.3 is 5.32 Å². The summed E-state index contributed by atoms with van der Waals surface area (Å²) in [4.78, 5) is 0. The van der Waals surface area contributed by atoms with Crippen molar-refractivity contribution in [3.63, 3.8) is 0 Å². The zero-order valence-electron chi connectivity index (χ0n) is 9.19. The fourth-order valence-corrected chi connectivity index (χ4v) is 1.59. The number of benzene rings is 1. The van der Waals surface area contributed by atoms with Crippen LogP contribution in [0.2, 0.25) is 0 Å². The van der Waals surface area contributed by atoms with Gasteiger partial charge in [0, 0.05) is 6.07 Å². The maximum Gasteiger partial charge on any atom is 0.126 e. The molecule has 1 unspecified atom stereocenters. The van der Waals surface area contributed by atoms with Gasteiger partial charge in [0.05, 0.1) is 0 Å². The molecule has 1 aromatic carbocycles. The SMILES string of the molecule is CCNCC(C)Cc1cc(F)cc(F)c1. The number of nitrogens with one attached hydrogen (secondary N) is 1. The molecule has 0 bridgehead atoms. The molecule has 0 spiro atoms. The summed E-state index contributed by atoms with van der Waals surface area (Å²) in [5.41, 5.74) is 0.720. The van der Waals surface area contributed by atoms with E-state index in [0.717, 1.165) is 24.7 Å². The van der Waals surface area contributed by atoms with Gasteiger partial charge in [0.1, 0.15) is 11.6 Å². The lowest BCUT2D eigenvalue weighted by Gasteiger charge is -2.11. The summed E-state index contributed by atoms with van der Waals surface area (Å²) < 4.78 is 25.7. The summed E-state index contributed by atoms with van der Waals surface area (Å²) >= 11 is 0. The van der Waals surface area contributed by atoms with Gasteiger partial charge >= 0.3 is 0 Å². The first kappa shape index (κ1) is 12.1. The molecule has 0 saturated carbocycles. The molecule has 0 aromatic heterocycles. The summed E-state index contributed by atoms with van der Waals surface area (Å²) in [7, 11) is 0. The molecule has 0 heterocycles. The minimum absolute atomic E-state index is 0.381. The van der Waals surface area contributed by atoms with Crippen molar-refractivity contribution in [2.75, 3.05) is 13.1 Å². The lowest BCUT2D eigenvalue weighted by Crippen LogP contribution is -2.21. The minimum atomic E-state index is -0.499. The molecule has 15 heavy (non-hydrogen) atoms. The third-order valence-electron chi connectivity index (χ3n) is 2.25. The molecule has 0 aliphatic heterocycles. The highest BCUT2D eigenvalue weighted by atomic mass is 19.1. The van der Waals surface area contributed by atoms with E-state index in [2.05, 4.69) is 12.2 Å². The summed E-state index contributed by atoms with van der Waals surface area (Å²) in [5, 5.41) is 3.21. The average Bonchev–Trinajstić information content (AvgIpc) is 2.13. The minimum Gasteiger partial charge on any atom is -0.317 e. The normalized spacial score (nSPS) is 12.8. The molecule has 0 amide bonds. The number of rotatable bonds is 5. The molecule has 0 aliphatic carbocycles. The molecule has 3 heteroatoms. The molecule has 0 radical (unpaired) electrons. The Morgan fingerprint density at radius 2 is 1.80 bits per heavy atom. The van der Waals surface area contributed by atoms with Gasteiger partial charge in [0.2, 0.25) is 0 Å². The van der Waals surface area contributed by atoms with E-state index >= 15 is 0 Å². The van der Waals surface area contributed by atoms with Crippen molar-refractivity contribution in [1.82, 2.24) is 5.32 Å². The Morgan fingerprint density at radius 3 is 2.33 bits per heavy atom. The molecule has 0 fully saturated rings. The Balaban J connectivity index is 2.56. The standard InChI is InChI=1S/C12H17F2N/c1-3-15-8-9(2)4-10-5-11(13)7-12(14)6-10/h5-7,9,15H,3-4,8H2,1-2H3. The highest BCUT2D eigenvalue weighted by Crippen LogP contribution is 2.12. The predicted octanol–water partition coefficient (Wildman–Crippen LogP) is 2.75. The van der Waals surface area contributed by atoms with Crippen molar-refractivity contribution in [3.8, 4) is 0 Å². The largest absolute Gasteiger partial charge is 0.317 e. The monoisotopic (exact) mass is 213 g/mol. The van der Waals surface area contributed by atoms with Crippen LogP contribution < -0.4 is 5.32 Å². The van der Waals surface area contributed by atoms with E-state index in [0.29, 0.717) is 12.3 Å². The second-order valence-corrected chi connectivity index (χ2v) is 3.89. The Bertz CT molecular complexity index is 292. The van der Waals surface area contributed by atoms with Crippen LogP contribution in [0, 0.1) is 17.6 Å². The van der Waals surface area contributed by atoms with Crippen LogP contribution in [0.1, 0.15) is 19.4 Å². The molecule has 0 aliphatic rings. The molecule has 0 saturated heterocycles. The third-order valence-corrected chi connectivity index (χ3v) is 2.25. The van der Waals surface area contributed by atoms with Gasteiger partial charge in [-0.25, -0.2) is 8.78 Å². The molecule has 84 valence electrons. The molecule has 1 N–H and O–H groups in total. The second-order valence-electron chi connectivity index (χ2n) is 3.89. The van der Waals surface area contributed by atoms with E-state index in [1.807, 2.05) is 6.92 Å². The third kappa shape index (κ3) is 4.38. The van der Waals surface area contributed by atoms with Crippen LogP contribution in [0.3, 0.4) is 0 Å². The topological polar surface area (TPSA) is 12.0 Å². The van der Waals surface area contributed by atoms with Crippen LogP contribution in [-0.2, 0) is 6.42 Å². The molecule has 1 nitrogen and oxygen atoms in total. The van der Waals surface area contributed by atoms with Gasteiger partial charge in [-0.15, -0.1) is 0 Å². The summed E-state index contributed by atoms with van der Waals surface area (Å²) in [6.07, 6.45) is 0.696. The van der Waals surface area contributed by atoms with Crippen molar-refractivity contribution in [2.24, 2.45) is 5.92 Å². The fraction of sp³-hybridized carbons (Fsp3) is 0.500. The molecule has 1 rings (SSSR count). The van der Waals surface area contributed by atoms with Crippen LogP contribution in [-0.4, -0.2) is 13.1 Å². The van der Waals surface area contributed by atoms with Crippen LogP contribution in [0.4, 0.5) is 8.78 Å². The Labute approximate surface area is 89.5 Å². The van der Waals surface area contributed by atoms with Gasteiger partial charge in [-0.2, -0.15) is 0 Å². The van der Waals surface area contributed by atoms with Crippen molar-refractivity contribution < 1.29 is 8.78 Å². The van der Waals surface area contributed by atoms with Crippen molar-refractivity contribution in [1.29, 1.82) is 0 Å². The Morgan fingerprint density at radius 1 is 1.20 bits per heavy atom. The fourth-order valence-electron chi connectivity index (χ4n) is 1.59. The molecule has 1 atom stereocenters. The van der Waals surface area contributed by atoms with E-state index in [9.17, 15) is 8.78 Å². The van der Waals surface area contributed by atoms with Gasteiger partial charge in [-0.3, -0.25) is 0 Å². The zero-order valence-corrected chi connectivity index (χ0v) is 9.19. The zero-order chi connectivity index (χ0) is 11.3. The van der Waals surface area contributed by atoms with Gasteiger partial charge in [0.25, 0.3) is 0 Å². The van der Waals surface area contributed by atoms with Crippen molar-refractivity contribution in [2.45, 2.75) is 20.3 Å². The molecule has 1 aromatic rings. The highest BCUT2D eigenvalue weighted by molar-refractivity contribution is 5.18. The maximum atomic E-state index is 12.9. The Kier molecular flexibility index (Phi) is 4.69. The van der Waals surface area contributed by atoms with E-state index in [-0.39, 0.29) is 0 Å². The lowest BCUT2D eigenvalue weighted by atomic mass is 10.0. The second kappa shape index (κ2) is 5.81. The number of hydrogen-bond donors (Lipinski definition) is 1.